The lowest BCUT2D eigenvalue weighted by Crippen LogP contribution is -2.23. The number of hydrogen-bond donors (Lipinski definition) is 3. The highest BCUT2D eigenvalue weighted by Crippen LogP contribution is 2.31. The fourth-order valence-corrected chi connectivity index (χ4v) is 4.84. The molecule has 0 unspecified atom stereocenters. The van der Waals surface area contributed by atoms with Gasteiger partial charge in [-0.05, 0) is 22.0 Å². The van der Waals surface area contributed by atoms with Gasteiger partial charge in [-0.3, -0.25) is 0 Å². The van der Waals surface area contributed by atoms with Gasteiger partial charge < -0.3 is 10.1 Å². The number of aliphatic hydroxyl groups is 1. The maximum atomic E-state index is 12.0. The second-order valence-corrected chi connectivity index (χ2v) is 7.60. The topological polar surface area (TPSA) is 95.1 Å². The molecule has 0 aromatic carbocycles. The van der Waals surface area contributed by atoms with Crippen LogP contribution < -0.4 is 4.72 Å². The molecule has 0 saturated carbocycles. The van der Waals surface area contributed by atoms with Crippen LogP contribution in [-0.4, -0.2) is 23.5 Å². The minimum absolute atomic E-state index is 0.135. The number of nitrogens with one attached hydrogen (secondary N) is 2. The summed E-state index contributed by atoms with van der Waals surface area (Å²) in [5, 5.41) is 8.98. The zero-order valence-electron chi connectivity index (χ0n) is 9.05. The Morgan fingerprint density at radius 3 is 2.89 bits per heavy atom. The molecule has 2 aromatic rings. The molecular weight excluding hydrogens is 342 g/mol. The molecule has 2 aromatic heterocycles. The van der Waals surface area contributed by atoms with Gasteiger partial charge in [-0.2, -0.15) is 0 Å². The summed E-state index contributed by atoms with van der Waals surface area (Å²) < 4.78 is 27.0. The van der Waals surface area contributed by atoms with Crippen LogP contribution >= 0.6 is 27.3 Å². The highest BCUT2D eigenvalue weighted by molar-refractivity contribution is 9.11. The minimum Gasteiger partial charge on any atom is -0.391 e. The number of sulfonamides is 1. The summed E-state index contributed by atoms with van der Waals surface area (Å²) in [6.07, 6.45) is 3.03. The van der Waals surface area contributed by atoms with E-state index in [1.54, 1.807) is 6.20 Å². The van der Waals surface area contributed by atoms with E-state index in [4.69, 9.17) is 5.11 Å². The van der Waals surface area contributed by atoms with E-state index in [9.17, 15) is 8.42 Å². The summed E-state index contributed by atoms with van der Waals surface area (Å²) in [5.41, 5.74) is 0.673. The molecule has 9 heteroatoms. The Labute approximate surface area is 116 Å². The molecule has 0 radical (unpaired) electrons. The van der Waals surface area contributed by atoms with Crippen LogP contribution in [0.25, 0.3) is 0 Å². The van der Waals surface area contributed by atoms with Crippen LogP contribution in [0.15, 0.2) is 27.3 Å². The van der Waals surface area contributed by atoms with Crippen molar-refractivity contribution >= 4 is 37.3 Å². The van der Waals surface area contributed by atoms with Gasteiger partial charge in [0, 0.05) is 16.8 Å². The number of halogens is 1. The summed E-state index contributed by atoms with van der Waals surface area (Å²) >= 11 is 4.37. The van der Waals surface area contributed by atoms with Crippen LogP contribution in [0.4, 0.5) is 0 Å². The first-order chi connectivity index (χ1) is 8.53. The van der Waals surface area contributed by atoms with Crippen molar-refractivity contribution in [2.75, 3.05) is 0 Å². The van der Waals surface area contributed by atoms with E-state index in [0.717, 1.165) is 0 Å². The van der Waals surface area contributed by atoms with Gasteiger partial charge in [0.2, 0.25) is 10.0 Å². The van der Waals surface area contributed by atoms with Crippen LogP contribution in [0.3, 0.4) is 0 Å². The van der Waals surface area contributed by atoms with Gasteiger partial charge in [0.25, 0.3) is 0 Å². The van der Waals surface area contributed by atoms with Crippen LogP contribution in [0, 0.1) is 0 Å². The SMILES string of the molecule is O=S(=O)(NCc1cnc[nH]1)c1cc(CO)sc1Br. The van der Waals surface area contributed by atoms with Crippen molar-refractivity contribution in [1.29, 1.82) is 0 Å². The number of H-pyrrole nitrogens is 1. The summed E-state index contributed by atoms with van der Waals surface area (Å²) in [4.78, 5) is 7.33. The van der Waals surface area contributed by atoms with Crippen molar-refractivity contribution < 1.29 is 13.5 Å². The minimum atomic E-state index is -3.60. The van der Waals surface area contributed by atoms with E-state index in [-0.39, 0.29) is 18.0 Å². The van der Waals surface area contributed by atoms with Crippen LogP contribution in [0.2, 0.25) is 0 Å². The third-order valence-corrected chi connectivity index (χ3v) is 5.80. The normalized spacial score (nSPS) is 11.9. The van der Waals surface area contributed by atoms with Crippen LogP contribution in [-0.2, 0) is 23.2 Å². The fraction of sp³-hybridized carbons (Fsp3) is 0.222. The molecule has 0 saturated heterocycles. The highest BCUT2D eigenvalue weighted by Gasteiger charge is 2.20. The molecule has 0 fully saturated rings. The predicted octanol–water partition coefficient (Wildman–Crippen LogP) is 1.20. The third-order valence-electron chi connectivity index (χ3n) is 2.16. The van der Waals surface area contributed by atoms with Gasteiger partial charge in [-0.15, -0.1) is 11.3 Å². The molecule has 6 nitrogen and oxygen atoms in total. The van der Waals surface area contributed by atoms with Gasteiger partial charge in [-0.1, -0.05) is 0 Å². The quantitative estimate of drug-likeness (QED) is 0.754. The molecule has 0 bridgehead atoms. The number of imidazole rings is 1. The van der Waals surface area contributed by atoms with Gasteiger partial charge in [0.05, 0.1) is 23.3 Å². The first-order valence-corrected chi connectivity index (χ1v) is 7.98. The highest BCUT2D eigenvalue weighted by atomic mass is 79.9. The van der Waals surface area contributed by atoms with E-state index in [1.807, 2.05) is 0 Å². The number of aromatic amines is 1. The van der Waals surface area contributed by atoms with E-state index in [1.165, 1.54) is 23.7 Å². The van der Waals surface area contributed by atoms with Gasteiger partial charge in [0.1, 0.15) is 4.90 Å². The Kier molecular flexibility index (Phi) is 4.17. The number of thiophene rings is 1. The zero-order chi connectivity index (χ0) is 13.2. The third kappa shape index (κ3) is 2.98. The van der Waals surface area contributed by atoms with Crippen molar-refractivity contribution in [3.8, 4) is 0 Å². The Bertz CT molecular complexity index is 622. The molecule has 98 valence electrons. The van der Waals surface area contributed by atoms with Crippen molar-refractivity contribution in [2.45, 2.75) is 18.0 Å². The van der Waals surface area contributed by atoms with Crippen molar-refractivity contribution in [3.63, 3.8) is 0 Å². The number of hydrogen-bond acceptors (Lipinski definition) is 5. The zero-order valence-corrected chi connectivity index (χ0v) is 12.3. The number of aromatic nitrogens is 2. The Hall–Kier alpha value is -0.740. The number of rotatable bonds is 5. The molecular formula is C9H10BrN3O3S2. The average molecular weight is 352 g/mol. The van der Waals surface area contributed by atoms with E-state index in [2.05, 4.69) is 30.6 Å². The summed E-state index contributed by atoms with van der Waals surface area (Å²) in [6.45, 7) is -0.0432. The maximum Gasteiger partial charge on any atom is 0.242 e. The van der Waals surface area contributed by atoms with Crippen LogP contribution in [0.5, 0.6) is 0 Å². The van der Waals surface area contributed by atoms with Crippen molar-refractivity contribution in [1.82, 2.24) is 14.7 Å². The Balaban J connectivity index is 2.17. The molecule has 0 aliphatic heterocycles. The lowest BCUT2D eigenvalue weighted by molar-refractivity contribution is 0.285. The van der Waals surface area contributed by atoms with Gasteiger partial charge >= 0.3 is 0 Å². The van der Waals surface area contributed by atoms with Crippen molar-refractivity contribution in [2.24, 2.45) is 0 Å². The van der Waals surface area contributed by atoms with Crippen molar-refractivity contribution in [3.05, 3.63) is 32.9 Å². The maximum absolute atomic E-state index is 12.0. The molecule has 2 rings (SSSR count). The molecule has 18 heavy (non-hydrogen) atoms. The van der Waals surface area contributed by atoms with Gasteiger partial charge in [-0.25, -0.2) is 18.1 Å². The smallest absolute Gasteiger partial charge is 0.242 e. The number of aliphatic hydroxyl groups excluding tert-OH is 1. The molecule has 0 aliphatic carbocycles. The summed E-state index contributed by atoms with van der Waals surface area (Å²) in [6, 6.07) is 1.45. The molecule has 0 atom stereocenters. The van der Waals surface area contributed by atoms with E-state index >= 15 is 0 Å². The molecule has 2 heterocycles. The standard InChI is InChI=1S/C9H10BrN3O3S2/c10-9-8(1-7(4-14)17-9)18(15,16)13-3-6-2-11-5-12-6/h1-2,5,13-14H,3-4H2,(H,11,12). The second kappa shape index (κ2) is 5.49. The van der Waals surface area contributed by atoms with E-state index < -0.39 is 10.0 Å². The second-order valence-electron chi connectivity index (χ2n) is 3.41. The monoisotopic (exact) mass is 351 g/mol. The molecule has 3 N–H and O–H groups in total. The summed E-state index contributed by atoms with van der Waals surface area (Å²) in [5.74, 6) is 0. The summed E-state index contributed by atoms with van der Waals surface area (Å²) in [7, 11) is -3.60. The number of nitrogens with zero attached hydrogens (tertiary/aromatic N) is 1. The lowest BCUT2D eigenvalue weighted by Gasteiger charge is -2.03. The molecule has 0 aliphatic rings. The van der Waals surface area contributed by atoms with Gasteiger partial charge in [0.15, 0.2) is 0 Å². The van der Waals surface area contributed by atoms with Crippen LogP contribution in [0.1, 0.15) is 10.6 Å². The first-order valence-electron chi connectivity index (χ1n) is 4.89. The largest absolute Gasteiger partial charge is 0.391 e. The van der Waals surface area contributed by atoms with E-state index in [0.29, 0.717) is 14.4 Å². The predicted molar refractivity (Wildman–Crippen MR) is 70.6 cm³/mol. The first kappa shape index (κ1) is 13.7. The lowest BCUT2D eigenvalue weighted by atomic mass is 10.5. The average Bonchev–Trinajstić information content (AvgIpc) is 2.95. The fourth-order valence-electron chi connectivity index (χ4n) is 1.29. The Morgan fingerprint density at radius 2 is 2.33 bits per heavy atom. The Morgan fingerprint density at radius 1 is 1.56 bits per heavy atom. The molecule has 0 spiro atoms. The molecule has 0 amide bonds.